The highest BCUT2D eigenvalue weighted by atomic mass is 19.3. The van der Waals surface area contributed by atoms with Gasteiger partial charge in [-0.25, -0.2) is 0 Å². The molecule has 1 rings (SSSR count). The van der Waals surface area contributed by atoms with Crippen molar-refractivity contribution in [3.63, 3.8) is 0 Å². The van der Waals surface area contributed by atoms with E-state index in [0.29, 0.717) is 11.3 Å². The Balaban J connectivity index is 3.12. The van der Waals surface area contributed by atoms with Crippen LogP contribution < -0.4 is 4.74 Å². The lowest BCUT2D eigenvalue weighted by Crippen LogP contribution is -2.19. The summed E-state index contributed by atoms with van der Waals surface area (Å²) in [5, 5.41) is 8.52. The van der Waals surface area contributed by atoms with E-state index in [1.54, 1.807) is 6.92 Å². The molecule has 0 aliphatic carbocycles. The molecule has 14 heavy (non-hydrogen) atoms. The van der Waals surface area contributed by atoms with E-state index in [2.05, 4.69) is 0 Å². The maximum atomic E-state index is 13.1. The molecule has 0 heterocycles. The van der Waals surface area contributed by atoms with E-state index in [-0.39, 0.29) is 5.56 Å². The third kappa shape index (κ3) is 2.01. The predicted molar refractivity (Wildman–Crippen MR) is 48.7 cm³/mol. The van der Waals surface area contributed by atoms with Gasteiger partial charge in [0.2, 0.25) is 0 Å². The minimum absolute atomic E-state index is 0.166. The molecule has 1 aromatic carbocycles. The van der Waals surface area contributed by atoms with Gasteiger partial charge in [-0.05, 0) is 30.7 Å². The van der Waals surface area contributed by atoms with E-state index in [0.717, 1.165) is 0 Å². The van der Waals surface area contributed by atoms with Crippen molar-refractivity contribution in [2.45, 2.75) is 12.8 Å². The van der Waals surface area contributed by atoms with E-state index < -0.39 is 12.5 Å². The summed E-state index contributed by atoms with van der Waals surface area (Å²) in [6.07, 6.45) is 0. The fourth-order valence-corrected chi connectivity index (χ4v) is 1.26. The van der Waals surface area contributed by atoms with Gasteiger partial charge in [-0.3, -0.25) is 0 Å². The minimum atomic E-state index is -3.18. The SMILES string of the molecule is COc1ccc(C(F)(F)CO)c(C)c1. The number of aliphatic hydroxyl groups excluding tert-OH is 1. The zero-order chi connectivity index (χ0) is 10.8. The van der Waals surface area contributed by atoms with E-state index in [4.69, 9.17) is 9.84 Å². The molecule has 4 heteroatoms. The van der Waals surface area contributed by atoms with Crippen LogP contribution in [0.4, 0.5) is 8.78 Å². The van der Waals surface area contributed by atoms with Crippen molar-refractivity contribution in [2.75, 3.05) is 13.7 Å². The molecule has 0 fully saturated rings. The number of methoxy groups -OCH3 is 1. The Kier molecular flexibility index (Phi) is 3.06. The van der Waals surface area contributed by atoms with Crippen LogP contribution in [0.3, 0.4) is 0 Å². The Hall–Kier alpha value is -1.16. The summed E-state index contributed by atoms with van der Waals surface area (Å²) < 4.78 is 31.1. The summed E-state index contributed by atoms with van der Waals surface area (Å²) in [5.41, 5.74) is 0.240. The van der Waals surface area contributed by atoms with Crippen LogP contribution in [0.2, 0.25) is 0 Å². The Morgan fingerprint density at radius 2 is 2.07 bits per heavy atom. The van der Waals surface area contributed by atoms with Crippen molar-refractivity contribution in [1.82, 2.24) is 0 Å². The van der Waals surface area contributed by atoms with Gasteiger partial charge in [0.05, 0.1) is 7.11 Å². The number of aliphatic hydroxyl groups is 1. The third-order valence-electron chi connectivity index (χ3n) is 2.03. The quantitative estimate of drug-likeness (QED) is 0.813. The van der Waals surface area contributed by atoms with E-state index >= 15 is 0 Å². The molecule has 0 amide bonds. The first-order chi connectivity index (χ1) is 6.51. The molecule has 1 aromatic rings. The van der Waals surface area contributed by atoms with Gasteiger partial charge >= 0.3 is 0 Å². The molecule has 0 bridgehead atoms. The summed E-state index contributed by atoms with van der Waals surface area (Å²) >= 11 is 0. The van der Waals surface area contributed by atoms with Crippen LogP contribution >= 0.6 is 0 Å². The van der Waals surface area contributed by atoms with Gasteiger partial charge in [-0.1, -0.05) is 0 Å². The Morgan fingerprint density at radius 3 is 2.50 bits per heavy atom. The summed E-state index contributed by atoms with van der Waals surface area (Å²) in [6, 6.07) is 4.23. The molecule has 2 nitrogen and oxygen atoms in total. The number of ether oxygens (including phenoxy) is 1. The van der Waals surface area contributed by atoms with Crippen molar-refractivity contribution in [3.8, 4) is 5.75 Å². The van der Waals surface area contributed by atoms with Crippen LogP contribution in [0.25, 0.3) is 0 Å². The van der Waals surface area contributed by atoms with Crippen molar-refractivity contribution in [1.29, 1.82) is 0 Å². The highest BCUT2D eigenvalue weighted by Gasteiger charge is 2.31. The fourth-order valence-electron chi connectivity index (χ4n) is 1.26. The van der Waals surface area contributed by atoms with Gasteiger partial charge < -0.3 is 9.84 Å². The summed E-state index contributed by atoms with van der Waals surface area (Å²) in [5.74, 6) is -2.66. The number of benzene rings is 1. The predicted octanol–water partition coefficient (Wildman–Crippen LogP) is 2.09. The Labute approximate surface area is 81.1 Å². The molecular formula is C10H12F2O2. The van der Waals surface area contributed by atoms with E-state index in [9.17, 15) is 8.78 Å². The second kappa shape index (κ2) is 3.92. The molecule has 0 aromatic heterocycles. The molecule has 0 atom stereocenters. The van der Waals surface area contributed by atoms with Gasteiger partial charge in [-0.2, -0.15) is 8.78 Å². The van der Waals surface area contributed by atoms with Crippen molar-refractivity contribution >= 4 is 0 Å². The Morgan fingerprint density at radius 1 is 1.43 bits per heavy atom. The topological polar surface area (TPSA) is 29.5 Å². The molecule has 0 aliphatic rings. The van der Waals surface area contributed by atoms with Crippen molar-refractivity contribution in [3.05, 3.63) is 29.3 Å². The fraction of sp³-hybridized carbons (Fsp3) is 0.400. The molecule has 0 unspecified atom stereocenters. The van der Waals surface area contributed by atoms with Crippen LogP contribution in [0.1, 0.15) is 11.1 Å². The molecular weight excluding hydrogens is 190 g/mol. The third-order valence-corrected chi connectivity index (χ3v) is 2.03. The number of rotatable bonds is 3. The molecule has 0 saturated heterocycles. The van der Waals surface area contributed by atoms with Gasteiger partial charge in [0.15, 0.2) is 0 Å². The lowest BCUT2D eigenvalue weighted by Gasteiger charge is -2.16. The molecule has 0 spiro atoms. The van der Waals surface area contributed by atoms with E-state index in [1.807, 2.05) is 0 Å². The zero-order valence-electron chi connectivity index (χ0n) is 8.05. The zero-order valence-corrected chi connectivity index (χ0v) is 8.05. The number of alkyl halides is 2. The molecule has 0 saturated carbocycles. The minimum Gasteiger partial charge on any atom is -0.497 e. The van der Waals surface area contributed by atoms with Crippen LogP contribution in [-0.4, -0.2) is 18.8 Å². The average Bonchev–Trinajstić information content (AvgIpc) is 2.17. The van der Waals surface area contributed by atoms with Crippen LogP contribution in [-0.2, 0) is 5.92 Å². The highest BCUT2D eigenvalue weighted by Crippen LogP contribution is 2.31. The monoisotopic (exact) mass is 202 g/mol. The van der Waals surface area contributed by atoms with Gasteiger partial charge in [0, 0.05) is 5.56 Å². The lowest BCUT2D eigenvalue weighted by molar-refractivity contribution is -0.0561. The second-order valence-corrected chi connectivity index (χ2v) is 3.04. The first-order valence-electron chi connectivity index (χ1n) is 4.15. The largest absolute Gasteiger partial charge is 0.497 e. The number of hydrogen-bond donors (Lipinski definition) is 1. The smallest absolute Gasteiger partial charge is 0.296 e. The van der Waals surface area contributed by atoms with Gasteiger partial charge in [0.25, 0.3) is 5.92 Å². The van der Waals surface area contributed by atoms with Crippen LogP contribution in [0, 0.1) is 6.92 Å². The molecule has 0 aliphatic heterocycles. The molecule has 0 radical (unpaired) electrons. The standard InChI is InChI=1S/C10H12F2O2/c1-7-5-8(14-2)3-4-9(7)10(11,12)6-13/h3-5,13H,6H2,1-2H3. The first kappa shape index (κ1) is 10.9. The number of halogens is 2. The average molecular weight is 202 g/mol. The molecule has 78 valence electrons. The Bertz CT molecular complexity index is 324. The maximum Gasteiger partial charge on any atom is 0.296 e. The first-order valence-corrected chi connectivity index (χ1v) is 4.15. The van der Waals surface area contributed by atoms with Crippen LogP contribution in [0.5, 0.6) is 5.75 Å². The van der Waals surface area contributed by atoms with Gasteiger partial charge in [-0.15, -0.1) is 0 Å². The van der Waals surface area contributed by atoms with Gasteiger partial charge in [0.1, 0.15) is 12.4 Å². The normalized spacial score (nSPS) is 11.5. The second-order valence-electron chi connectivity index (χ2n) is 3.04. The van der Waals surface area contributed by atoms with Crippen molar-refractivity contribution < 1.29 is 18.6 Å². The lowest BCUT2D eigenvalue weighted by atomic mass is 10.0. The summed E-state index contributed by atoms with van der Waals surface area (Å²) in [6.45, 7) is 0.377. The number of aryl methyl sites for hydroxylation is 1. The molecule has 1 N–H and O–H groups in total. The summed E-state index contributed by atoms with van der Waals surface area (Å²) in [7, 11) is 1.47. The van der Waals surface area contributed by atoms with E-state index in [1.165, 1.54) is 25.3 Å². The highest BCUT2D eigenvalue weighted by molar-refractivity contribution is 5.37. The van der Waals surface area contributed by atoms with Crippen LogP contribution in [0.15, 0.2) is 18.2 Å². The van der Waals surface area contributed by atoms with Crippen molar-refractivity contribution in [2.24, 2.45) is 0 Å². The summed E-state index contributed by atoms with van der Waals surface area (Å²) in [4.78, 5) is 0. The maximum absolute atomic E-state index is 13.1. The number of hydrogen-bond acceptors (Lipinski definition) is 2.